The zero-order chi connectivity index (χ0) is 20.9. The van der Waals surface area contributed by atoms with Gasteiger partial charge in [-0.1, -0.05) is 36.4 Å². The highest BCUT2D eigenvalue weighted by Crippen LogP contribution is 2.13. The lowest BCUT2D eigenvalue weighted by Gasteiger charge is -2.19. The van der Waals surface area contributed by atoms with E-state index >= 15 is 0 Å². The van der Waals surface area contributed by atoms with E-state index in [1.807, 2.05) is 55.5 Å². The topological polar surface area (TPSA) is 89.9 Å². The molecule has 1 amide bonds. The molecule has 0 spiro atoms. The van der Waals surface area contributed by atoms with Gasteiger partial charge in [0.25, 0.3) is 0 Å². The summed E-state index contributed by atoms with van der Waals surface area (Å²) < 4.78 is 0. The number of hydrogen-bond acceptors (Lipinski definition) is 4. The van der Waals surface area contributed by atoms with E-state index < -0.39 is 0 Å². The van der Waals surface area contributed by atoms with Crippen LogP contribution in [0.25, 0.3) is 0 Å². The van der Waals surface area contributed by atoms with E-state index in [1.165, 1.54) is 0 Å². The number of aliphatic hydroxyl groups is 1. The maximum atomic E-state index is 12.4. The molecule has 1 aromatic heterocycles. The second-order valence-corrected chi connectivity index (χ2v) is 6.75. The Kier molecular flexibility index (Phi) is 9.65. The zero-order valence-electron chi connectivity index (χ0n) is 17.2. The Bertz CT molecular complexity index is 752. The SMILES string of the molecule is CCNC(=NCC(=O)N(C)CCc1ccccn1)NCC(CO)c1ccccc1. The first-order chi connectivity index (χ1) is 14.1. The van der Waals surface area contributed by atoms with Crippen molar-refractivity contribution >= 4 is 11.9 Å². The molecule has 0 aliphatic rings. The van der Waals surface area contributed by atoms with Gasteiger partial charge in [-0.3, -0.25) is 9.78 Å². The van der Waals surface area contributed by atoms with Gasteiger partial charge in [0.15, 0.2) is 5.96 Å². The Morgan fingerprint density at radius 3 is 2.59 bits per heavy atom. The van der Waals surface area contributed by atoms with Crippen LogP contribution in [0.4, 0.5) is 0 Å². The normalized spacial score (nSPS) is 12.3. The van der Waals surface area contributed by atoms with Crippen LogP contribution in [-0.2, 0) is 11.2 Å². The summed E-state index contributed by atoms with van der Waals surface area (Å²) in [6, 6.07) is 15.6. The predicted molar refractivity (Wildman–Crippen MR) is 116 cm³/mol. The molecule has 1 atom stereocenters. The lowest BCUT2D eigenvalue weighted by molar-refractivity contribution is -0.128. The first-order valence-corrected chi connectivity index (χ1v) is 9.95. The molecular weight excluding hydrogens is 366 g/mol. The summed E-state index contributed by atoms with van der Waals surface area (Å²) in [5.41, 5.74) is 2.02. The van der Waals surface area contributed by atoms with Crippen LogP contribution in [0.15, 0.2) is 59.7 Å². The summed E-state index contributed by atoms with van der Waals surface area (Å²) in [5, 5.41) is 16.1. The molecule has 0 bridgehead atoms. The van der Waals surface area contributed by atoms with Gasteiger partial charge in [-0.25, -0.2) is 4.99 Å². The van der Waals surface area contributed by atoms with Crippen LogP contribution in [0.2, 0.25) is 0 Å². The molecule has 3 N–H and O–H groups in total. The Morgan fingerprint density at radius 2 is 1.93 bits per heavy atom. The molecule has 1 heterocycles. The van der Waals surface area contributed by atoms with Crippen molar-refractivity contribution in [3.8, 4) is 0 Å². The average molecular weight is 398 g/mol. The van der Waals surface area contributed by atoms with Gasteiger partial charge in [-0.2, -0.15) is 0 Å². The maximum Gasteiger partial charge on any atom is 0.244 e. The van der Waals surface area contributed by atoms with E-state index in [9.17, 15) is 9.90 Å². The van der Waals surface area contributed by atoms with E-state index in [-0.39, 0.29) is 25.0 Å². The Hall–Kier alpha value is -2.93. The summed E-state index contributed by atoms with van der Waals surface area (Å²) in [5.74, 6) is 0.463. The molecule has 0 saturated heterocycles. The van der Waals surface area contributed by atoms with Crippen LogP contribution in [0.3, 0.4) is 0 Å². The van der Waals surface area contributed by atoms with Crippen molar-refractivity contribution in [2.45, 2.75) is 19.3 Å². The van der Waals surface area contributed by atoms with Crippen molar-refractivity contribution in [2.75, 3.05) is 39.8 Å². The summed E-state index contributed by atoms with van der Waals surface area (Å²) in [7, 11) is 1.78. The molecule has 2 aromatic rings. The number of carbonyl (C=O) groups is 1. The Labute approximate surface area is 172 Å². The van der Waals surface area contributed by atoms with Crippen molar-refractivity contribution in [3.63, 3.8) is 0 Å². The Balaban J connectivity index is 1.85. The number of aliphatic hydroxyl groups excluding tert-OH is 1. The number of guanidine groups is 1. The number of likely N-dealkylation sites (N-methyl/N-ethyl adjacent to an activating group) is 1. The van der Waals surface area contributed by atoms with Gasteiger partial charge >= 0.3 is 0 Å². The number of amides is 1. The number of aromatic nitrogens is 1. The molecule has 1 aromatic carbocycles. The number of nitrogens with one attached hydrogen (secondary N) is 2. The molecule has 29 heavy (non-hydrogen) atoms. The molecule has 0 radical (unpaired) electrons. The van der Waals surface area contributed by atoms with Gasteiger partial charge in [0, 0.05) is 50.9 Å². The lowest BCUT2D eigenvalue weighted by atomic mass is 10.0. The third kappa shape index (κ3) is 7.91. The highest BCUT2D eigenvalue weighted by Gasteiger charge is 2.12. The smallest absolute Gasteiger partial charge is 0.244 e. The number of benzene rings is 1. The van der Waals surface area contributed by atoms with Gasteiger partial charge in [-0.05, 0) is 24.6 Å². The minimum absolute atomic E-state index is 0.0333. The van der Waals surface area contributed by atoms with Gasteiger partial charge in [0.05, 0.1) is 6.61 Å². The largest absolute Gasteiger partial charge is 0.396 e. The van der Waals surface area contributed by atoms with E-state index in [0.29, 0.717) is 32.0 Å². The maximum absolute atomic E-state index is 12.4. The van der Waals surface area contributed by atoms with E-state index in [0.717, 1.165) is 11.3 Å². The minimum Gasteiger partial charge on any atom is -0.396 e. The third-order valence-electron chi connectivity index (χ3n) is 4.58. The van der Waals surface area contributed by atoms with Crippen molar-refractivity contribution in [2.24, 2.45) is 4.99 Å². The van der Waals surface area contributed by atoms with Gasteiger partial charge in [0.1, 0.15) is 6.54 Å². The molecule has 0 fully saturated rings. The monoisotopic (exact) mass is 397 g/mol. The summed E-state index contributed by atoms with van der Waals surface area (Å²) in [6.07, 6.45) is 2.46. The van der Waals surface area contributed by atoms with Gasteiger partial charge in [-0.15, -0.1) is 0 Å². The fourth-order valence-corrected chi connectivity index (χ4v) is 2.79. The van der Waals surface area contributed by atoms with Crippen LogP contribution < -0.4 is 10.6 Å². The predicted octanol–water partition coefficient (Wildman–Crippen LogP) is 1.41. The fourth-order valence-electron chi connectivity index (χ4n) is 2.79. The van der Waals surface area contributed by atoms with E-state index in [1.54, 1.807) is 18.1 Å². The van der Waals surface area contributed by atoms with E-state index in [2.05, 4.69) is 20.6 Å². The summed E-state index contributed by atoms with van der Waals surface area (Å²) in [4.78, 5) is 22.7. The van der Waals surface area contributed by atoms with E-state index in [4.69, 9.17) is 0 Å². The van der Waals surface area contributed by atoms with Crippen LogP contribution >= 0.6 is 0 Å². The molecule has 1 unspecified atom stereocenters. The molecule has 0 aliphatic carbocycles. The van der Waals surface area contributed by atoms with Crippen molar-refractivity contribution in [1.29, 1.82) is 0 Å². The second-order valence-electron chi connectivity index (χ2n) is 6.75. The van der Waals surface area contributed by atoms with Crippen molar-refractivity contribution < 1.29 is 9.90 Å². The molecular formula is C22H31N5O2. The molecule has 156 valence electrons. The highest BCUT2D eigenvalue weighted by molar-refractivity contribution is 5.84. The minimum atomic E-state index is -0.0556. The second kappa shape index (κ2) is 12.5. The molecule has 0 aliphatic heterocycles. The van der Waals surface area contributed by atoms with Crippen LogP contribution in [0.5, 0.6) is 0 Å². The first kappa shape index (κ1) is 22.4. The standard InChI is InChI=1S/C22H31N5O2/c1-3-23-22(25-15-19(17-28)18-9-5-4-6-10-18)26-16-21(29)27(2)14-12-20-11-7-8-13-24-20/h4-11,13,19,28H,3,12,14-17H2,1-2H3,(H2,23,25,26). The average Bonchev–Trinajstić information content (AvgIpc) is 2.77. The van der Waals surface area contributed by atoms with Crippen LogP contribution in [-0.4, -0.2) is 66.7 Å². The highest BCUT2D eigenvalue weighted by atomic mass is 16.3. The third-order valence-corrected chi connectivity index (χ3v) is 4.58. The number of pyridine rings is 1. The van der Waals surface area contributed by atoms with Crippen molar-refractivity contribution in [1.82, 2.24) is 20.5 Å². The first-order valence-electron chi connectivity index (χ1n) is 9.95. The van der Waals surface area contributed by atoms with Crippen LogP contribution in [0.1, 0.15) is 24.1 Å². The molecule has 2 rings (SSSR count). The molecule has 0 saturated carbocycles. The summed E-state index contributed by atoms with van der Waals surface area (Å²) >= 11 is 0. The fraction of sp³-hybridized carbons (Fsp3) is 0.409. The number of rotatable bonds is 10. The lowest BCUT2D eigenvalue weighted by Crippen LogP contribution is -2.41. The summed E-state index contributed by atoms with van der Waals surface area (Å²) in [6.45, 7) is 3.87. The molecule has 7 heteroatoms. The van der Waals surface area contributed by atoms with Gasteiger partial charge in [0.2, 0.25) is 5.91 Å². The van der Waals surface area contributed by atoms with Gasteiger partial charge < -0.3 is 20.6 Å². The van der Waals surface area contributed by atoms with Crippen molar-refractivity contribution in [3.05, 3.63) is 66.0 Å². The quantitative estimate of drug-likeness (QED) is 0.417. The number of carbonyl (C=O) groups excluding carboxylic acids is 1. The number of nitrogens with zero attached hydrogens (tertiary/aromatic N) is 3. The molecule has 7 nitrogen and oxygen atoms in total. The number of aliphatic imine (C=N–C) groups is 1. The van der Waals surface area contributed by atoms with Crippen LogP contribution in [0, 0.1) is 0 Å². The zero-order valence-corrected chi connectivity index (χ0v) is 17.2. The Morgan fingerprint density at radius 1 is 1.17 bits per heavy atom. The number of hydrogen-bond donors (Lipinski definition) is 3.